The molecule has 0 atom stereocenters. The summed E-state index contributed by atoms with van der Waals surface area (Å²) in [7, 11) is 0. The van der Waals surface area contributed by atoms with E-state index in [1.165, 1.54) is 56.3 Å². The lowest BCUT2D eigenvalue weighted by molar-refractivity contribution is -0.137. The summed E-state index contributed by atoms with van der Waals surface area (Å²) in [6.45, 7) is 3.01. The van der Waals surface area contributed by atoms with Crippen molar-refractivity contribution < 1.29 is 9.90 Å². The van der Waals surface area contributed by atoms with E-state index < -0.39 is 5.97 Å². The van der Waals surface area contributed by atoms with Gasteiger partial charge in [0.2, 0.25) is 0 Å². The summed E-state index contributed by atoms with van der Waals surface area (Å²) in [4.78, 5) is 13.0. The van der Waals surface area contributed by atoms with Crippen LogP contribution in [0.3, 0.4) is 0 Å². The van der Waals surface area contributed by atoms with Gasteiger partial charge >= 0.3 is 5.97 Å². The summed E-state index contributed by atoms with van der Waals surface area (Å²) < 4.78 is 1.39. The van der Waals surface area contributed by atoms with Crippen LogP contribution in [0, 0.1) is 5.41 Å². The molecule has 1 spiro atoms. The molecule has 1 saturated carbocycles. The zero-order chi connectivity index (χ0) is 14.0. The topological polar surface area (TPSA) is 71.2 Å². The van der Waals surface area contributed by atoms with Gasteiger partial charge in [0.15, 0.2) is 0 Å². The molecule has 0 aromatic carbocycles. The summed E-state index contributed by atoms with van der Waals surface area (Å²) >= 11 is 0. The number of aliphatic carboxylic acids is 1. The highest BCUT2D eigenvalue weighted by Crippen LogP contribution is 2.43. The lowest BCUT2D eigenvalue weighted by atomic mass is 9.73. The first kappa shape index (κ1) is 13.5. The number of aromatic nitrogens is 3. The average Bonchev–Trinajstić information content (AvgIpc) is 2.63. The molecule has 1 saturated heterocycles. The highest BCUT2D eigenvalue weighted by atomic mass is 16.4. The van der Waals surface area contributed by atoms with Gasteiger partial charge in [0.1, 0.15) is 6.54 Å². The van der Waals surface area contributed by atoms with Crippen molar-refractivity contribution in [3.8, 4) is 0 Å². The van der Waals surface area contributed by atoms with Crippen molar-refractivity contribution in [2.75, 3.05) is 13.1 Å². The van der Waals surface area contributed by atoms with Gasteiger partial charge in [0.05, 0.1) is 11.9 Å². The van der Waals surface area contributed by atoms with Gasteiger partial charge in [0, 0.05) is 19.6 Å². The van der Waals surface area contributed by atoms with Crippen LogP contribution in [-0.4, -0.2) is 44.1 Å². The van der Waals surface area contributed by atoms with Crippen molar-refractivity contribution in [1.29, 1.82) is 0 Å². The van der Waals surface area contributed by atoms with Crippen LogP contribution < -0.4 is 0 Å². The van der Waals surface area contributed by atoms with E-state index in [1.54, 1.807) is 6.20 Å². The van der Waals surface area contributed by atoms with Crippen LogP contribution in [0.5, 0.6) is 0 Å². The molecule has 2 aliphatic rings. The van der Waals surface area contributed by atoms with Crippen molar-refractivity contribution in [3.05, 3.63) is 11.9 Å². The van der Waals surface area contributed by atoms with Crippen molar-refractivity contribution >= 4 is 5.97 Å². The van der Waals surface area contributed by atoms with E-state index >= 15 is 0 Å². The zero-order valence-corrected chi connectivity index (χ0v) is 11.8. The number of nitrogens with zero attached hydrogens (tertiary/aromatic N) is 4. The molecule has 1 aromatic heterocycles. The van der Waals surface area contributed by atoms with E-state index in [1.807, 2.05) is 0 Å². The number of likely N-dealkylation sites (tertiary alicyclic amines) is 1. The molecule has 0 amide bonds. The lowest BCUT2D eigenvalue weighted by Gasteiger charge is -2.50. The van der Waals surface area contributed by atoms with E-state index in [0.29, 0.717) is 5.41 Å². The van der Waals surface area contributed by atoms with Crippen LogP contribution in [0.2, 0.25) is 0 Å². The quantitative estimate of drug-likeness (QED) is 0.904. The van der Waals surface area contributed by atoms with Crippen LogP contribution in [0.4, 0.5) is 0 Å². The second kappa shape index (κ2) is 5.52. The Labute approximate surface area is 118 Å². The first-order valence-electron chi connectivity index (χ1n) is 7.48. The molecule has 3 rings (SSSR count). The predicted molar refractivity (Wildman–Crippen MR) is 73.1 cm³/mol. The minimum atomic E-state index is -0.886. The van der Waals surface area contributed by atoms with Crippen LogP contribution in [0.25, 0.3) is 0 Å². The van der Waals surface area contributed by atoms with Crippen molar-refractivity contribution in [2.45, 2.75) is 51.6 Å². The summed E-state index contributed by atoms with van der Waals surface area (Å²) in [6, 6.07) is 0. The molecule has 6 nitrogen and oxygen atoms in total. The normalized spacial score (nSPS) is 22.4. The maximum atomic E-state index is 10.6. The van der Waals surface area contributed by atoms with Crippen molar-refractivity contribution in [3.63, 3.8) is 0 Å². The standard InChI is InChI=1S/C14H22N4O2/c19-13(20)9-18-8-12(15-16-18)7-17-10-14(11-17)5-3-1-2-4-6-14/h8H,1-7,9-11H2,(H,19,20). The molecule has 6 heteroatoms. The third-order valence-electron chi connectivity index (χ3n) is 4.55. The Morgan fingerprint density at radius 1 is 1.25 bits per heavy atom. The summed E-state index contributed by atoms with van der Waals surface area (Å²) in [5.41, 5.74) is 1.43. The second-order valence-electron chi connectivity index (χ2n) is 6.36. The highest BCUT2D eigenvalue weighted by molar-refractivity contribution is 5.66. The Hall–Kier alpha value is -1.43. The Bertz CT molecular complexity index is 469. The maximum Gasteiger partial charge on any atom is 0.325 e. The first-order valence-corrected chi connectivity index (χ1v) is 7.48. The SMILES string of the molecule is O=C(O)Cn1cc(CN2CC3(CCCCCC3)C2)nn1. The molecule has 1 aliphatic carbocycles. The van der Waals surface area contributed by atoms with E-state index in [-0.39, 0.29) is 6.54 Å². The molecule has 0 bridgehead atoms. The molecule has 2 fully saturated rings. The summed E-state index contributed by atoms with van der Waals surface area (Å²) in [6.07, 6.45) is 10.0. The lowest BCUT2D eigenvalue weighted by Crippen LogP contribution is -2.55. The van der Waals surface area contributed by atoms with Gasteiger partial charge in [0.25, 0.3) is 0 Å². The van der Waals surface area contributed by atoms with Gasteiger partial charge in [-0.3, -0.25) is 9.69 Å². The van der Waals surface area contributed by atoms with Crippen LogP contribution in [0.1, 0.15) is 44.2 Å². The number of hydrogen-bond acceptors (Lipinski definition) is 4. The molecule has 0 unspecified atom stereocenters. The highest BCUT2D eigenvalue weighted by Gasteiger charge is 2.42. The third kappa shape index (κ3) is 3.00. The summed E-state index contributed by atoms with van der Waals surface area (Å²) in [5, 5.41) is 16.6. The number of rotatable bonds is 4. The number of carboxylic acids is 1. The van der Waals surface area contributed by atoms with Crippen LogP contribution in [-0.2, 0) is 17.9 Å². The van der Waals surface area contributed by atoms with Crippen molar-refractivity contribution in [2.24, 2.45) is 5.41 Å². The fourth-order valence-electron chi connectivity index (χ4n) is 3.66. The molecule has 1 aromatic rings. The number of carbonyl (C=O) groups is 1. The third-order valence-corrected chi connectivity index (χ3v) is 4.55. The molecule has 110 valence electrons. The van der Waals surface area contributed by atoms with E-state index in [9.17, 15) is 4.79 Å². The Morgan fingerprint density at radius 2 is 1.95 bits per heavy atom. The minimum absolute atomic E-state index is 0.114. The smallest absolute Gasteiger partial charge is 0.325 e. The van der Waals surface area contributed by atoms with Crippen LogP contribution >= 0.6 is 0 Å². The fraction of sp³-hybridized carbons (Fsp3) is 0.786. The molecular formula is C14H22N4O2. The van der Waals surface area contributed by atoms with Gasteiger partial charge in [-0.1, -0.05) is 30.9 Å². The molecule has 2 heterocycles. The van der Waals surface area contributed by atoms with E-state index in [2.05, 4.69) is 15.2 Å². The summed E-state index contributed by atoms with van der Waals surface area (Å²) in [5.74, 6) is -0.886. The van der Waals surface area contributed by atoms with E-state index in [4.69, 9.17) is 5.11 Å². The zero-order valence-electron chi connectivity index (χ0n) is 11.8. The predicted octanol–water partition coefficient (Wildman–Crippen LogP) is 1.52. The Morgan fingerprint density at radius 3 is 2.60 bits per heavy atom. The van der Waals surface area contributed by atoms with Gasteiger partial charge in [-0.15, -0.1) is 5.10 Å². The monoisotopic (exact) mass is 278 g/mol. The average molecular weight is 278 g/mol. The molecule has 0 radical (unpaired) electrons. The van der Waals surface area contributed by atoms with Gasteiger partial charge < -0.3 is 5.11 Å². The van der Waals surface area contributed by atoms with Crippen LogP contribution in [0.15, 0.2) is 6.20 Å². The largest absolute Gasteiger partial charge is 0.480 e. The minimum Gasteiger partial charge on any atom is -0.480 e. The number of hydrogen-bond donors (Lipinski definition) is 1. The molecule has 20 heavy (non-hydrogen) atoms. The van der Waals surface area contributed by atoms with Crippen molar-refractivity contribution in [1.82, 2.24) is 19.9 Å². The van der Waals surface area contributed by atoms with E-state index in [0.717, 1.165) is 12.2 Å². The maximum absolute atomic E-state index is 10.6. The number of carboxylic acid groups (broad SMARTS) is 1. The second-order valence-corrected chi connectivity index (χ2v) is 6.36. The Kier molecular flexibility index (Phi) is 3.74. The van der Waals surface area contributed by atoms with Gasteiger partial charge in [-0.25, -0.2) is 4.68 Å². The molecular weight excluding hydrogens is 256 g/mol. The first-order chi connectivity index (χ1) is 9.65. The van der Waals surface area contributed by atoms with Gasteiger partial charge in [-0.05, 0) is 18.3 Å². The Balaban J connectivity index is 1.50. The molecule has 1 aliphatic heterocycles. The molecule has 1 N–H and O–H groups in total. The van der Waals surface area contributed by atoms with Gasteiger partial charge in [-0.2, -0.15) is 0 Å². The fourth-order valence-corrected chi connectivity index (χ4v) is 3.66.